The van der Waals surface area contributed by atoms with E-state index in [0.29, 0.717) is 0 Å². The quantitative estimate of drug-likeness (QED) is 0.689. The van der Waals surface area contributed by atoms with Gasteiger partial charge in [-0.15, -0.1) is 0 Å². The second kappa shape index (κ2) is 7.45. The lowest BCUT2D eigenvalue weighted by Crippen LogP contribution is -2.23. The molecule has 0 spiro atoms. The average Bonchev–Trinajstić information content (AvgIpc) is 2.12. The summed E-state index contributed by atoms with van der Waals surface area (Å²) in [6.07, 6.45) is 2.16. The van der Waals surface area contributed by atoms with E-state index < -0.39 is 0 Å². The van der Waals surface area contributed by atoms with Crippen molar-refractivity contribution in [2.45, 2.75) is 38.0 Å². The van der Waals surface area contributed by atoms with E-state index in [0.717, 1.165) is 17.4 Å². The molecule has 0 aromatic rings. The fourth-order valence-electron chi connectivity index (χ4n) is 0.778. The molecule has 2 unspecified atom stereocenters. The molecule has 2 atom stereocenters. The highest BCUT2D eigenvalue weighted by atomic mass is 32.2. The van der Waals surface area contributed by atoms with Gasteiger partial charge in [-0.3, -0.25) is 0 Å². The lowest BCUT2D eigenvalue weighted by Gasteiger charge is -2.10. The molecule has 0 aromatic heterocycles. The van der Waals surface area contributed by atoms with Crippen molar-refractivity contribution in [3.8, 4) is 6.07 Å². The van der Waals surface area contributed by atoms with Crippen molar-refractivity contribution in [1.29, 1.82) is 5.26 Å². The molecule has 12 heavy (non-hydrogen) atoms. The molecule has 70 valence electrons. The number of nitrogens with one attached hydrogen (secondary N) is 1. The second-order valence-corrected chi connectivity index (χ2v) is 4.40. The zero-order valence-corrected chi connectivity index (χ0v) is 8.95. The van der Waals surface area contributed by atoms with Gasteiger partial charge in [0.2, 0.25) is 0 Å². The van der Waals surface area contributed by atoms with Crippen LogP contribution in [0.25, 0.3) is 0 Å². The maximum atomic E-state index is 8.63. The molecule has 1 N–H and O–H groups in total. The molecule has 2 nitrogen and oxygen atoms in total. The van der Waals surface area contributed by atoms with Crippen LogP contribution < -0.4 is 5.32 Å². The fraction of sp³-hybridized carbons (Fsp3) is 0.889. The summed E-state index contributed by atoms with van der Waals surface area (Å²) in [7, 11) is 1.84. The van der Waals surface area contributed by atoms with Crippen LogP contribution in [-0.2, 0) is 0 Å². The summed E-state index contributed by atoms with van der Waals surface area (Å²) < 4.78 is 0. The van der Waals surface area contributed by atoms with Crippen LogP contribution in [0.5, 0.6) is 0 Å². The van der Waals surface area contributed by atoms with Crippen molar-refractivity contribution in [2.75, 3.05) is 12.8 Å². The van der Waals surface area contributed by atoms with E-state index in [1.54, 1.807) is 0 Å². The molecule has 0 rings (SSSR count). The Kier molecular flexibility index (Phi) is 7.33. The molecule has 0 fully saturated rings. The first kappa shape index (κ1) is 11.8. The van der Waals surface area contributed by atoms with Crippen LogP contribution in [0.2, 0.25) is 0 Å². The van der Waals surface area contributed by atoms with Gasteiger partial charge in [-0.05, 0) is 25.6 Å². The Hall–Kier alpha value is -0.200. The van der Waals surface area contributed by atoms with Crippen LogP contribution in [0, 0.1) is 11.3 Å². The first-order valence-electron chi connectivity index (χ1n) is 4.43. The van der Waals surface area contributed by atoms with Gasteiger partial charge in [0.05, 0.1) is 12.1 Å². The van der Waals surface area contributed by atoms with Crippen LogP contribution in [0.15, 0.2) is 0 Å². The third kappa shape index (κ3) is 5.45. The normalized spacial score (nSPS) is 15.2. The Morgan fingerprint density at radius 1 is 1.58 bits per heavy atom. The van der Waals surface area contributed by atoms with Gasteiger partial charge in [0.15, 0.2) is 0 Å². The molecule has 0 heterocycles. The van der Waals surface area contributed by atoms with Gasteiger partial charge in [0.25, 0.3) is 0 Å². The smallest absolute Gasteiger partial charge is 0.0958 e. The van der Waals surface area contributed by atoms with E-state index in [1.165, 1.54) is 6.42 Å². The van der Waals surface area contributed by atoms with Gasteiger partial charge in [-0.25, -0.2) is 0 Å². The lowest BCUT2D eigenvalue weighted by molar-refractivity contribution is 0.663. The Labute approximate surface area is 79.7 Å². The van der Waals surface area contributed by atoms with E-state index in [9.17, 15) is 0 Å². The highest BCUT2D eigenvalue weighted by Crippen LogP contribution is 2.14. The average molecular weight is 186 g/mol. The minimum atomic E-state index is 0.0292. The predicted octanol–water partition coefficient (Wildman–Crippen LogP) is 2.02. The van der Waals surface area contributed by atoms with E-state index in [1.807, 2.05) is 18.8 Å². The highest BCUT2D eigenvalue weighted by molar-refractivity contribution is 7.99. The minimum Gasteiger partial charge on any atom is -0.305 e. The summed E-state index contributed by atoms with van der Waals surface area (Å²) in [5.74, 6) is 1.08. The third-order valence-electron chi connectivity index (χ3n) is 1.89. The number of nitrogens with zero attached hydrogens (tertiary/aromatic N) is 1. The maximum Gasteiger partial charge on any atom is 0.0958 e. The van der Waals surface area contributed by atoms with Crippen LogP contribution >= 0.6 is 11.8 Å². The number of thioether (sulfide) groups is 1. The Morgan fingerprint density at radius 3 is 2.67 bits per heavy atom. The van der Waals surface area contributed by atoms with Crippen LogP contribution in [-0.4, -0.2) is 24.1 Å². The summed E-state index contributed by atoms with van der Waals surface area (Å²) in [4.78, 5) is 0. The van der Waals surface area contributed by atoms with Gasteiger partial charge in [0.1, 0.15) is 0 Å². The van der Waals surface area contributed by atoms with E-state index in [2.05, 4.69) is 25.2 Å². The molecule has 3 heteroatoms. The molecule has 0 radical (unpaired) electrons. The van der Waals surface area contributed by atoms with Gasteiger partial charge in [0, 0.05) is 5.25 Å². The zero-order chi connectivity index (χ0) is 9.40. The minimum absolute atomic E-state index is 0.0292. The molecule has 0 saturated heterocycles. The molecule has 0 saturated carbocycles. The van der Waals surface area contributed by atoms with Crippen LogP contribution in [0.4, 0.5) is 0 Å². The van der Waals surface area contributed by atoms with Gasteiger partial charge in [-0.2, -0.15) is 17.0 Å². The van der Waals surface area contributed by atoms with Crippen molar-refractivity contribution in [1.82, 2.24) is 5.32 Å². The summed E-state index contributed by atoms with van der Waals surface area (Å²) in [5, 5.41) is 12.3. The summed E-state index contributed by atoms with van der Waals surface area (Å²) in [6, 6.07) is 2.25. The first-order valence-corrected chi connectivity index (χ1v) is 5.48. The molecular weight excluding hydrogens is 168 g/mol. The second-order valence-electron chi connectivity index (χ2n) is 2.85. The molecule has 0 aromatic carbocycles. The molecule has 0 aliphatic carbocycles. The number of hydrogen-bond acceptors (Lipinski definition) is 3. The molecular formula is C9H18N2S. The molecule has 0 aliphatic rings. The predicted molar refractivity (Wildman–Crippen MR) is 55.3 cm³/mol. The van der Waals surface area contributed by atoms with Gasteiger partial charge < -0.3 is 5.32 Å². The summed E-state index contributed by atoms with van der Waals surface area (Å²) in [5.41, 5.74) is 0. The van der Waals surface area contributed by atoms with Crippen molar-refractivity contribution in [3.63, 3.8) is 0 Å². The van der Waals surface area contributed by atoms with Crippen molar-refractivity contribution in [2.24, 2.45) is 0 Å². The fourth-order valence-corrected chi connectivity index (χ4v) is 1.79. The number of hydrogen-bond donors (Lipinski definition) is 1. The Morgan fingerprint density at radius 2 is 2.25 bits per heavy atom. The number of nitriles is 1. The lowest BCUT2D eigenvalue weighted by atomic mass is 10.3. The molecule has 0 aliphatic heterocycles. The van der Waals surface area contributed by atoms with Crippen molar-refractivity contribution in [3.05, 3.63) is 0 Å². The monoisotopic (exact) mass is 186 g/mol. The van der Waals surface area contributed by atoms with E-state index in [-0.39, 0.29) is 6.04 Å². The molecule has 0 amide bonds. The van der Waals surface area contributed by atoms with Crippen molar-refractivity contribution < 1.29 is 0 Å². The highest BCUT2D eigenvalue weighted by Gasteiger charge is 2.04. The van der Waals surface area contributed by atoms with Gasteiger partial charge >= 0.3 is 0 Å². The van der Waals surface area contributed by atoms with Crippen LogP contribution in [0.3, 0.4) is 0 Å². The van der Waals surface area contributed by atoms with Gasteiger partial charge in [-0.1, -0.05) is 13.8 Å². The maximum absolute atomic E-state index is 8.63. The Bertz CT molecular complexity index is 142. The zero-order valence-electron chi connectivity index (χ0n) is 8.13. The topological polar surface area (TPSA) is 35.8 Å². The van der Waals surface area contributed by atoms with Crippen molar-refractivity contribution >= 4 is 11.8 Å². The number of rotatable bonds is 6. The Balaban J connectivity index is 3.36. The van der Waals surface area contributed by atoms with E-state index >= 15 is 0 Å². The third-order valence-corrected chi connectivity index (χ3v) is 3.26. The SMILES string of the molecule is CCC(C)SCCC(C#N)NC. The largest absolute Gasteiger partial charge is 0.305 e. The first-order chi connectivity index (χ1) is 5.74. The van der Waals surface area contributed by atoms with E-state index in [4.69, 9.17) is 5.26 Å². The summed E-state index contributed by atoms with van der Waals surface area (Å²) >= 11 is 1.94. The van der Waals surface area contributed by atoms with Crippen LogP contribution in [0.1, 0.15) is 26.7 Å². The standard InChI is InChI=1S/C9H18N2S/c1-4-8(2)12-6-5-9(7-10)11-3/h8-9,11H,4-6H2,1-3H3. The molecule has 0 bridgehead atoms. The summed E-state index contributed by atoms with van der Waals surface area (Å²) in [6.45, 7) is 4.42.